The number of nitrogens with zero attached hydrogens (tertiary/aromatic N) is 1. The number of anilines is 1. The van der Waals surface area contributed by atoms with Gasteiger partial charge < -0.3 is 9.73 Å². The van der Waals surface area contributed by atoms with Crippen LogP contribution in [0.2, 0.25) is 10.0 Å². The van der Waals surface area contributed by atoms with Crippen LogP contribution >= 0.6 is 23.2 Å². The maximum absolute atomic E-state index is 5.90. The topological polar surface area (TPSA) is 38.1 Å². The minimum atomic E-state index is 0.508. The zero-order valence-electron chi connectivity index (χ0n) is 9.86. The first-order valence-electron chi connectivity index (χ1n) is 5.75. The fraction of sp³-hybridized carbons (Fsp3) is 0.0714. The summed E-state index contributed by atoms with van der Waals surface area (Å²) < 4.78 is 5.61. The summed E-state index contributed by atoms with van der Waals surface area (Å²) >= 11 is 11.7. The number of halogens is 2. The van der Waals surface area contributed by atoms with Crippen molar-refractivity contribution >= 4 is 40.0 Å². The normalized spacial score (nSPS) is 10.8. The molecule has 2 aromatic carbocycles. The standard InChI is InChI=1S/C14H10Cl2N2O/c15-9-1-4-11(5-2-9)17-8-14-18-12-6-3-10(16)7-13(12)19-14/h1-7,17H,8H2. The fourth-order valence-corrected chi connectivity index (χ4v) is 2.06. The van der Waals surface area contributed by atoms with E-state index in [0.29, 0.717) is 28.1 Å². The molecule has 0 unspecified atom stereocenters. The van der Waals surface area contributed by atoms with Crippen LogP contribution in [-0.2, 0) is 6.54 Å². The molecule has 0 aliphatic carbocycles. The Balaban J connectivity index is 1.76. The van der Waals surface area contributed by atoms with Crippen molar-refractivity contribution in [1.29, 1.82) is 0 Å². The van der Waals surface area contributed by atoms with Gasteiger partial charge in [0.25, 0.3) is 0 Å². The lowest BCUT2D eigenvalue weighted by molar-refractivity contribution is 0.540. The average molecular weight is 293 g/mol. The molecule has 0 aliphatic heterocycles. The van der Waals surface area contributed by atoms with Crippen molar-refractivity contribution in [3.8, 4) is 0 Å². The molecule has 19 heavy (non-hydrogen) atoms. The molecule has 0 amide bonds. The van der Waals surface area contributed by atoms with Gasteiger partial charge in [0.15, 0.2) is 5.58 Å². The van der Waals surface area contributed by atoms with E-state index in [4.69, 9.17) is 27.6 Å². The van der Waals surface area contributed by atoms with Crippen molar-refractivity contribution in [2.75, 3.05) is 5.32 Å². The van der Waals surface area contributed by atoms with Gasteiger partial charge >= 0.3 is 0 Å². The maximum atomic E-state index is 5.90. The number of aromatic nitrogens is 1. The van der Waals surface area contributed by atoms with Gasteiger partial charge in [-0.1, -0.05) is 23.2 Å². The summed E-state index contributed by atoms with van der Waals surface area (Å²) in [5.74, 6) is 0.618. The predicted octanol–water partition coefficient (Wildman–Crippen LogP) is 4.75. The number of benzene rings is 2. The molecule has 3 aromatic rings. The molecule has 0 radical (unpaired) electrons. The monoisotopic (exact) mass is 292 g/mol. The van der Waals surface area contributed by atoms with E-state index in [9.17, 15) is 0 Å². The van der Waals surface area contributed by atoms with Gasteiger partial charge in [0.2, 0.25) is 5.89 Å². The third kappa shape index (κ3) is 2.83. The Morgan fingerprint density at radius 1 is 1.00 bits per heavy atom. The molecule has 0 bridgehead atoms. The second-order valence-electron chi connectivity index (χ2n) is 4.08. The molecule has 0 atom stereocenters. The van der Waals surface area contributed by atoms with E-state index in [0.717, 1.165) is 11.2 Å². The Kier molecular flexibility index (Phi) is 3.32. The highest BCUT2D eigenvalue weighted by Gasteiger charge is 2.05. The van der Waals surface area contributed by atoms with Crippen molar-refractivity contribution < 1.29 is 4.42 Å². The minimum Gasteiger partial charge on any atom is -0.439 e. The first-order chi connectivity index (χ1) is 9.20. The number of nitrogens with one attached hydrogen (secondary N) is 1. The third-order valence-corrected chi connectivity index (χ3v) is 3.17. The SMILES string of the molecule is Clc1ccc(NCc2nc3ccc(Cl)cc3o2)cc1. The summed E-state index contributed by atoms with van der Waals surface area (Å²) in [5.41, 5.74) is 2.46. The van der Waals surface area contributed by atoms with Crippen LogP contribution in [0.15, 0.2) is 46.9 Å². The fourth-order valence-electron chi connectivity index (χ4n) is 1.77. The molecule has 1 aromatic heterocycles. The zero-order valence-corrected chi connectivity index (χ0v) is 11.4. The molecule has 0 saturated heterocycles. The van der Waals surface area contributed by atoms with Crippen molar-refractivity contribution in [2.24, 2.45) is 0 Å². The van der Waals surface area contributed by atoms with Crippen molar-refractivity contribution in [3.05, 3.63) is 58.4 Å². The molecule has 96 valence electrons. The van der Waals surface area contributed by atoms with Gasteiger partial charge in [0.05, 0.1) is 6.54 Å². The molecule has 3 rings (SSSR count). The summed E-state index contributed by atoms with van der Waals surface area (Å²) in [4.78, 5) is 4.37. The Hall–Kier alpha value is -1.71. The quantitative estimate of drug-likeness (QED) is 0.757. The summed E-state index contributed by atoms with van der Waals surface area (Å²) in [6, 6.07) is 12.9. The van der Waals surface area contributed by atoms with Crippen LogP contribution in [0.3, 0.4) is 0 Å². The molecule has 1 N–H and O–H groups in total. The van der Waals surface area contributed by atoms with Crippen LogP contribution < -0.4 is 5.32 Å². The first kappa shape index (κ1) is 12.3. The molecular weight excluding hydrogens is 283 g/mol. The van der Waals surface area contributed by atoms with Crippen molar-refractivity contribution in [1.82, 2.24) is 4.98 Å². The minimum absolute atomic E-state index is 0.508. The average Bonchev–Trinajstić information content (AvgIpc) is 2.80. The van der Waals surface area contributed by atoms with Crippen LogP contribution in [0.5, 0.6) is 0 Å². The lowest BCUT2D eigenvalue weighted by Gasteiger charge is -2.02. The van der Waals surface area contributed by atoms with Crippen LogP contribution in [0.25, 0.3) is 11.1 Å². The molecule has 0 fully saturated rings. The van der Waals surface area contributed by atoms with Crippen molar-refractivity contribution in [2.45, 2.75) is 6.54 Å². The van der Waals surface area contributed by atoms with Crippen LogP contribution in [0.4, 0.5) is 5.69 Å². The summed E-state index contributed by atoms with van der Waals surface area (Å²) in [5, 5.41) is 4.57. The highest BCUT2D eigenvalue weighted by molar-refractivity contribution is 6.31. The van der Waals surface area contributed by atoms with Gasteiger partial charge in [-0.15, -0.1) is 0 Å². The smallest absolute Gasteiger partial charge is 0.214 e. The Morgan fingerprint density at radius 2 is 1.74 bits per heavy atom. The lowest BCUT2D eigenvalue weighted by Crippen LogP contribution is -1.98. The van der Waals surface area contributed by atoms with Gasteiger partial charge in [-0.2, -0.15) is 0 Å². The van der Waals surface area contributed by atoms with Gasteiger partial charge in [-0.25, -0.2) is 4.98 Å². The van der Waals surface area contributed by atoms with E-state index >= 15 is 0 Å². The van der Waals surface area contributed by atoms with E-state index in [-0.39, 0.29) is 0 Å². The molecular formula is C14H10Cl2N2O. The largest absolute Gasteiger partial charge is 0.439 e. The summed E-state index contributed by atoms with van der Waals surface area (Å²) in [7, 11) is 0. The number of rotatable bonds is 3. The summed E-state index contributed by atoms with van der Waals surface area (Å²) in [6.45, 7) is 0.508. The highest BCUT2D eigenvalue weighted by Crippen LogP contribution is 2.21. The number of oxazole rings is 1. The van der Waals surface area contributed by atoms with E-state index in [1.165, 1.54) is 0 Å². The molecule has 1 heterocycles. The van der Waals surface area contributed by atoms with Crippen LogP contribution in [-0.4, -0.2) is 4.98 Å². The van der Waals surface area contributed by atoms with Gasteiger partial charge in [-0.3, -0.25) is 0 Å². The van der Waals surface area contributed by atoms with Gasteiger partial charge in [-0.05, 0) is 36.4 Å². The second-order valence-corrected chi connectivity index (χ2v) is 4.95. The predicted molar refractivity (Wildman–Crippen MR) is 77.8 cm³/mol. The van der Waals surface area contributed by atoms with Crippen LogP contribution in [0, 0.1) is 0 Å². The van der Waals surface area contributed by atoms with Gasteiger partial charge in [0.1, 0.15) is 5.52 Å². The van der Waals surface area contributed by atoms with E-state index in [1.807, 2.05) is 30.3 Å². The maximum Gasteiger partial charge on any atom is 0.214 e. The summed E-state index contributed by atoms with van der Waals surface area (Å²) in [6.07, 6.45) is 0. The molecule has 3 nitrogen and oxygen atoms in total. The first-order valence-corrected chi connectivity index (χ1v) is 6.51. The third-order valence-electron chi connectivity index (χ3n) is 2.68. The van der Waals surface area contributed by atoms with E-state index in [2.05, 4.69) is 10.3 Å². The van der Waals surface area contributed by atoms with Crippen molar-refractivity contribution in [3.63, 3.8) is 0 Å². The zero-order chi connectivity index (χ0) is 13.2. The van der Waals surface area contributed by atoms with Gasteiger partial charge in [0, 0.05) is 21.8 Å². The highest BCUT2D eigenvalue weighted by atomic mass is 35.5. The Bertz CT molecular complexity index is 707. The second kappa shape index (κ2) is 5.11. The molecule has 0 saturated carbocycles. The Labute approximate surface area is 120 Å². The Morgan fingerprint density at radius 3 is 2.53 bits per heavy atom. The number of hydrogen-bond acceptors (Lipinski definition) is 3. The number of fused-ring (bicyclic) bond motifs is 1. The number of hydrogen-bond donors (Lipinski definition) is 1. The van der Waals surface area contributed by atoms with Crippen LogP contribution in [0.1, 0.15) is 5.89 Å². The lowest BCUT2D eigenvalue weighted by atomic mass is 10.3. The van der Waals surface area contributed by atoms with E-state index in [1.54, 1.807) is 12.1 Å². The van der Waals surface area contributed by atoms with E-state index < -0.39 is 0 Å². The molecule has 5 heteroatoms. The molecule has 0 aliphatic rings. The molecule has 0 spiro atoms.